The Kier molecular flexibility index (Phi) is 5.38. The van der Waals surface area contributed by atoms with Crippen LogP contribution in [-0.4, -0.2) is 27.2 Å². The van der Waals surface area contributed by atoms with E-state index >= 15 is 0 Å². The van der Waals surface area contributed by atoms with Gasteiger partial charge in [-0.1, -0.05) is 23.8 Å². The molecule has 0 saturated carbocycles. The van der Waals surface area contributed by atoms with Crippen LogP contribution in [0, 0.1) is 13.8 Å². The summed E-state index contributed by atoms with van der Waals surface area (Å²) in [6, 6.07) is 6.25. The predicted octanol–water partition coefficient (Wildman–Crippen LogP) is 3.73. The number of hydrogen-bond acceptors (Lipinski definition) is 4. The molecule has 114 valence electrons. The maximum absolute atomic E-state index is 12.0. The lowest BCUT2D eigenvalue weighted by Crippen LogP contribution is -2.27. The Bertz CT molecular complexity index is 563. The minimum atomic E-state index is -0.0106. The zero-order chi connectivity index (χ0) is 15.5. The molecule has 0 radical (unpaired) electrons. The molecule has 0 aliphatic carbocycles. The van der Waals surface area contributed by atoms with Crippen LogP contribution in [0.4, 0.5) is 0 Å². The number of hydrogen-bond donors (Lipinski definition) is 1. The molecule has 1 heterocycles. The van der Waals surface area contributed by atoms with Crippen molar-refractivity contribution in [3.63, 3.8) is 0 Å². The summed E-state index contributed by atoms with van der Waals surface area (Å²) in [6.45, 7) is 8.20. The van der Waals surface area contributed by atoms with Crippen molar-refractivity contribution in [2.75, 3.05) is 11.5 Å². The van der Waals surface area contributed by atoms with Gasteiger partial charge in [-0.2, -0.15) is 5.10 Å². The van der Waals surface area contributed by atoms with Crippen molar-refractivity contribution in [2.24, 2.45) is 5.10 Å². The first kappa shape index (κ1) is 16.4. The molecule has 1 amide bonds. The van der Waals surface area contributed by atoms with Crippen LogP contribution in [0.3, 0.4) is 0 Å². The van der Waals surface area contributed by atoms with Crippen molar-refractivity contribution < 1.29 is 4.79 Å². The molecular formula is C16H22N2OS2. The van der Waals surface area contributed by atoms with Gasteiger partial charge in [-0.25, -0.2) is 5.43 Å². The lowest BCUT2D eigenvalue weighted by molar-refractivity contribution is -0.121. The van der Waals surface area contributed by atoms with Crippen LogP contribution in [0.25, 0.3) is 0 Å². The van der Waals surface area contributed by atoms with Crippen molar-refractivity contribution >= 4 is 35.1 Å². The lowest BCUT2D eigenvalue weighted by atomic mass is 10.0. The molecule has 3 nitrogen and oxygen atoms in total. The standard InChI is InChI=1S/C16H22N2OS2/c1-11-5-6-14(12(2)9-11)13(3)17-18-15(19)10-16(4)20-7-8-21-16/h5-6,9H,7-8,10H2,1-4H3,(H,18,19)/b17-13+. The Balaban J connectivity index is 1.98. The Morgan fingerprint density at radius 1 is 1.33 bits per heavy atom. The number of carbonyl (C=O) groups excluding carboxylic acids is 1. The molecule has 1 saturated heterocycles. The van der Waals surface area contributed by atoms with Crippen molar-refractivity contribution in [1.82, 2.24) is 5.43 Å². The summed E-state index contributed by atoms with van der Waals surface area (Å²) in [5, 5.41) is 4.26. The molecule has 1 fully saturated rings. The third-order valence-electron chi connectivity index (χ3n) is 3.50. The van der Waals surface area contributed by atoms with E-state index in [0.717, 1.165) is 22.8 Å². The quantitative estimate of drug-likeness (QED) is 0.678. The third-order valence-corrected chi connectivity index (χ3v) is 6.79. The summed E-state index contributed by atoms with van der Waals surface area (Å²) in [5.41, 5.74) is 7.04. The number of nitrogens with zero attached hydrogens (tertiary/aromatic N) is 1. The van der Waals surface area contributed by atoms with Crippen molar-refractivity contribution in [3.8, 4) is 0 Å². The summed E-state index contributed by atoms with van der Waals surface area (Å²) < 4.78 is 0.00723. The van der Waals surface area contributed by atoms with Gasteiger partial charge in [-0.05, 0) is 33.3 Å². The maximum atomic E-state index is 12.0. The van der Waals surface area contributed by atoms with Gasteiger partial charge >= 0.3 is 0 Å². The van der Waals surface area contributed by atoms with Crippen LogP contribution >= 0.6 is 23.5 Å². The predicted molar refractivity (Wildman–Crippen MR) is 94.2 cm³/mol. The lowest BCUT2D eigenvalue weighted by Gasteiger charge is -2.20. The summed E-state index contributed by atoms with van der Waals surface area (Å²) in [6.07, 6.45) is 0.506. The molecule has 0 aromatic heterocycles. The van der Waals surface area contributed by atoms with E-state index in [4.69, 9.17) is 0 Å². The fourth-order valence-corrected chi connectivity index (χ4v) is 5.25. The zero-order valence-corrected chi connectivity index (χ0v) is 14.7. The molecule has 1 aromatic carbocycles. The number of rotatable bonds is 4. The van der Waals surface area contributed by atoms with Gasteiger partial charge in [0.25, 0.3) is 0 Å². The number of aryl methyl sites for hydroxylation is 2. The molecule has 1 aromatic rings. The molecule has 1 N–H and O–H groups in total. The van der Waals surface area contributed by atoms with Gasteiger partial charge in [-0.3, -0.25) is 4.79 Å². The number of carbonyl (C=O) groups is 1. The van der Waals surface area contributed by atoms with Gasteiger partial charge in [0, 0.05) is 17.1 Å². The molecule has 21 heavy (non-hydrogen) atoms. The number of hydrazone groups is 1. The first-order valence-corrected chi connectivity index (χ1v) is 9.05. The summed E-state index contributed by atoms with van der Waals surface area (Å²) in [4.78, 5) is 12.0. The fraction of sp³-hybridized carbons (Fsp3) is 0.500. The SMILES string of the molecule is C/C(=N\NC(=O)CC1(C)SCCS1)c1ccc(C)cc1C. The first-order chi connectivity index (χ1) is 9.89. The maximum Gasteiger partial charge on any atom is 0.242 e. The van der Waals surface area contributed by atoms with Crippen LogP contribution < -0.4 is 5.43 Å². The van der Waals surface area contributed by atoms with Crippen LogP contribution in [0.1, 0.15) is 37.0 Å². The third kappa shape index (κ3) is 4.51. The summed E-state index contributed by atoms with van der Waals surface area (Å²) in [5.74, 6) is 2.24. The normalized spacial score (nSPS) is 17.8. The van der Waals surface area contributed by atoms with Gasteiger partial charge in [0.1, 0.15) is 0 Å². The highest BCUT2D eigenvalue weighted by Crippen LogP contribution is 2.45. The van der Waals surface area contributed by atoms with E-state index < -0.39 is 0 Å². The van der Waals surface area contributed by atoms with Crippen molar-refractivity contribution in [1.29, 1.82) is 0 Å². The van der Waals surface area contributed by atoms with Crippen LogP contribution in [0.15, 0.2) is 23.3 Å². The Morgan fingerprint density at radius 3 is 2.62 bits per heavy atom. The molecule has 1 aliphatic rings. The highest BCUT2D eigenvalue weighted by molar-refractivity contribution is 8.21. The average molecular weight is 322 g/mol. The Hall–Kier alpha value is -0.940. The largest absolute Gasteiger partial charge is 0.273 e. The van der Waals surface area contributed by atoms with E-state index in [2.05, 4.69) is 49.5 Å². The highest BCUT2D eigenvalue weighted by Gasteiger charge is 2.32. The van der Waals surface area contributed by atoms with E-state index in [0.29, 0.717) is 6.42 Å². The molecule has 1 aliphatic heterocycles. The van der Waals surface area contributed by atoms with Gasteiger partial charge in [0.15, 0.2) is 0 Å². The minimum absolute atomic E-state index is 0.00723. The number of amides is 1. The second-order valence-electron chi connectivity index (χ2n) is 5.56. The molecular weight excluding hydrogens is 300 g/mol. The Morgan fingerprint density at radius 2 is 2.00 bits per heavy atom. The smallest absolute Gasteiger partial charge is 0.242 e. The second kappa shape index (κ2) is 6.88. The summed E-state index contributed by atoms with van der Waals surface area (Å²) in [7, 11) is 0. The molecule has 0 bridgehead atoms. The second-order valence-corrected chi connectivity index (χ2v) is 9.01. The van der Waals surface area contributed by atoms with Gasteiger partial charge < -0.3 is 0 Å². The number of nitrogens with one attached hydrogen (secondary N) is 1. The molecule has 2 rings (SSSR count). The molecule has 0 unspecified atom stereocenters. The average Bonchev–Trinajstić information content (AvgIpc) is 2.82. The topological polar surface area (TPSA) is 41.5 Å². The molecule has 5 heteroatoms. The van der Waals surface area contributed by atoms with Gasteiger partial charge in [0.2, 0.25) is 5.91 Å². The van der Waals surface area contributed by atoms with Crippen LogP contribution in [0.2, 0.25) is 0 Å². The number of benzene rings is 1. The fourth-order valence-electron chi connectivity index (χ4n) is 2.42. The zero-order valence-electron chi connectivity index (χ0n) is 13.0. The minimum Gasteiger partial charge on any atom is -0.273 e. The van der Waals surface area contributed by atoms with Crippen molar-refractivity contribution in [3.05, 3.63) is 34.9 Å². The monoisotopic (exact) mass is 322 g/mol. The molecule has 0 atom stereocenters. The van der Waals surface area contributed by atoms with Gasteiger partial charge in [-0.15, -0.1) is 23.5 Å². The van der Waals surface area contributed by atoms with Crippen molar-refractivity contribution in [2.45, 2.75) is 38.2 Å². The van der Waals surface area contributed by atoms with E-state index in [-0.39, 0.29) is 9.99 Å². The summed E-state index contributed by atoms with van der Waals surface area (Å²) >= 11 is 3.72. The molecule has 0 spiro atoms. The van der Waals surface area contributed by atoms with E-state index in [1.807, 2.05) is 30.4 Å². The van der Waals surface area contributed by atoms with E-state index in [1.165, 1.54) is 11.1 Å². The first-order valence-electron chi connectivity index (χ1n) is 7.08. The van der Waals surface area contributed by atoms with E-state index in [9.17, 15) is 4.79 Å². The number of thioether (sulfide) groups is 2. The highest BCUT2D eigenvalue weighted by atomic mass is 32.2. The van der Waals surface area contributed by atoms with Crippen LogP contribution in [0.5, 0.6) is 0 Å². The van der Waals surface area contributed by atoms with Gasteiger partial charge in [0.05, 0.1) is 16.2 Å². The van der Waals surface area contributed by atoms with Crippen LogP contribution in [-0.2, 0) is 4.79 Å². The van der Waals surface area contributed by atoms with E-state index in [1.54, 1.807) is 0 Å². The Labute approximate surface area is 135 Å².